The van der Waals surface area contributed by atoms with Crippen molar-refractivity contribution < 1.29 is 19.0 Å². The summed E-state index contributed by atoms with van der Waals surface area (Å²) >= 11 is 3.62. The minimum absolute atomic E-state index is 0.214. The molecule has 1 heterocycles. The molecule has 7 heteroatoms. The molecule has 0 spiro atoms. The van der Waals surface area contributed by atoms with Crippen molar-refractivity contribution in [2.45, 2.75) is 13.8 Å². The summed E-state index contributed by atoms with van der Waals surface area (Å²) in [6, 6.07) is 11.1. The number of nitrogens with zero attached hydrogens (tertiary/aromatic N) is 1. The van der Waals surface area contributed by atoms with Gasteiger partial charge in [-0.3, -0.25) is 4.79 Å². The minimum Gasteiger partial charge on any atom is -0.494 e. The Hall–Kier alpha value is -2.25. The van der Waals surface area contributed by atoms with E-state index in [1.54, 1.807) is 18.2 Å². The summed E-state index contributed by atoms with van der Waals surface area (Å²) in [5.74, 6) is 1.01. The van der Waals surface area contributed by atoms with Gasteiger partial charge in [-0.1, -0.05) is 0 Å². The second kappa shape index (κ2) is 9.80. The maximum atomic E-state index is 12.8. The number of anilines is 2. The molecule has 150 valence electrons. The predicted molar refractivity (Wildman–Crippen MR) is 114 cm³/mol. The van der Waals surface area contributed by atoms with Crippen LogP contribution in [0.4, 0.5) is 11.4 Å². The van der Waals surface area contributed by atoms with Gasteiger partial charge in [0.1, 0.15) is 11.5 Å². The van der Waals surface area contributed by atoms with Crippen molar-refractivity contribution in [2.24, 2.45) is 0 Å². The molecule has 2 aromatic carbocycles. The summed E-state index contributed by atoms with van der Waals surface area (Å²) < 4.78 is 17.4. The van der Waals surface area contributed by atoms with Crippen LogP contribution >= 0.6 is 15.9 Å². The molecule has 0 atom stereocenters. The van der Waals surface area contributed by atoms with E-state index in [1.807, 2.05) is 32.0 Å². The summed E-state index contributed by atoms with van der Waals surface area (Å²) in [5, 5.41) is 2.94. The van der Waals surface area contributed by atoms with Crippen LogP contribution in [-0.2, 0) is 4.74 Å². The van der Waals surface area contributed by atoms with Crippen molar-refractivity contribution in [1.29, 1.82) is 0 Å². The first-order chi connectivity index (χ1) is 13.6. The van der Waals surface area contributed by atoms with Crippen LogP contribution in [0, 0.1) is 0 Å². The quantitative estimate of drug-likeness (QED) is 0.682. The first-order valence-corrected chi connectivity index (χ1v) is 10.2. The molecule has 28 heavy (non-hydrogen) atoms. The molecule has 1 saturated heterocycles. The molecule has 6 nitrogen and oxygen atoms in total. The van der Waals surface area contributed by atoms with Crippen LogP contribution in [0.25, 0.3) is 0 Å². The van der Waals surface area contributed by atoms with Gasteiger partial charge in [-0.05, 0) is 60.1 Å². The van der Waals surface area contributed by atoms with E-state index in [-0.39, 0.29) is 5.91 Å². The minimum atomic E-state index is -0.214. The predicted octanol–water partition coefficient (Wildman–Crippen LogP) is 4.34. The number of morpholine rings is 1. The average molecular weight is 449 g/mol. The molecule has 0 saturated carbocycles. The molecule has 1 aliphatic heterocycles. The highest BCUT2D eigenvalue weighted by Gasteiger charge is 2.15. The molecular formula is C21H25BrN2O4. The molecule has 1 fully saturated rings. The smallest absolute Gasteiger partial charge is 0.255 e. The van der Waals surface area contributed by atoms with Crippen LogP contribution in [0.1, 0.15) is 24.2 Å². The summed E-state index contributed by atoms with van der Waals surface area (Å²) in [7, 11) is 0. The van der Waals surface area contributed by atoms with Crippen molar-refractivity contribution in [3.63, 3.8) is 0 Å². The van der Waals surface area contributed by atoms with Gasteiger partial charge in [0.2, 0.25) is 0 Å². The first kappa shape index (κ1) is 20.5. The Labute approximate surface area is 173 Å². The van der Waals surface area contributed by atoms with Crippen LogP contribution in [0.2, 0.25) is 0 Å². The van der Waals surface area contributed by atoms with Crippen molar-refractivity contribution in [3.05, 3.63) is 46.4 Å². The average Bonchev–Trinajstić information content (AvgIpc) is 2.69. The fraction of sp³-hybridized carbons (Fsp3) is 0.381. The molecule has 0 radical (unpaired) electrons. The molecule has 1 amide bonds. The third kappa shape index (κ3) is 5.17. The summed E-state index contributed by atoms with van der Waals surface area (Å²) in [5.41, 5.74) is 2.30. The normalized spacial score (nSPS) is 13.9. The van der Waals surface area contributed by atoms with Crippen LogP contribution in [-0.4, -0.2) is 45.4 Å². The third-order valence-corrected chi connectivity index (χ3v) is 4.96. The van der Waals surface area contributed by atoms with E-state index >= 15 is 0 Å². The lowest BCUT2D eigenvalue weighted by atomic mass is 10.1. The van der Waals surface area contributed by atoms with Crippen molar-refractivity contribution in [2.75, 3.05) is 49.7 Å². The fourth-order valence-electron chi connectivity index (χ4n) is 3.05. The maximum absolute atomic E-state index is 12.8. The van der Waals surface area contributed by atoms with Crippen LogP contribution in [0.3, 0.4) is 0 Å². The van der Waals surface area contributed by atoms with Gasteiger partial charge in [-0.2, -0.15) is 0 Å². The Morgan fingerprint density at radius 1 is 1.07 bits per heavy atom. The molecule has 1 aliphatic rings. The van der Waals surface area contributed by atoms with Gasteiger partial charge in [0.15, 0.2) is 0 Å². The summed E-state index contributed by atoms with van der Waals surface area (Å²) in [4.78, 5) is 15.0. The van der Waals surface area contributed by atoms with E-state index < -0.39 is 0 Å². The van der Waals surface area contributed by atoms with E-state index in [0.29, 0.717) is 36.0 Å². The van der Waals surface area contributed by atoms with E-state index in [2.05, 4.69) is 26.1 Å². The Morgan fingerprint density at radius 2 is 1.71 bits per heavy atom. The number of halogens is 1. The highest BCUT2D eigenvalue weighted by Crippen LogP contribution is 2.30. The van der Waals surface area contributed by atoms with Gasteiger partial charge in [-0.25, -0.2) is 0 Å². The molecule has 1 N–H and O–H groups in total. The highest BCUT2D eigenvalue weighted by molar-refractivity contribution is 9.10. The Kier molecular flexibility index (Phi) is 7.17. The van der Waals surface area contributed by atoms with Gasteiger partial charge in [0.25, 0.3) is 5.91 Å². The monoisotopic (exact) mass is 448 g/mol. The standard InChI is InChI=1S/C21H25BrN2O4/c1-3-27-17-11-15(12-18(14-17)28-4-2)21(25)23-16-5-6-20(19(22)13-16)24-7-9-26-10-8-24/h5-6,11-14H,3-4,7-10H2,1-2H3,(H,23,25). The van der Waals surface area contributed by atoms with Gasteiger partial charge in [0, 0.05) is 34.9 Å². The number of hydrogen-bond donors (Lipinski definition) is 1. The molecular weight excluding hydrogens is 424 g/mol. The first-order valence-electron chi connectivity index (χ1n) is 9.45. The Bertz CT molecular complexity index is 798. The zero-order valence-corrected chi connectivity index (χ0v) is 17.8. The number of benzene rings is 2. The van der Waals surface area contributed by atoms with Crippen LogP contribution < -0.4 is 19.7 Å². The highest BCUT2D eigenvalue weighted by atomic mass is 79.9. The van der Waals surface area contributed by atoms with E-state index in [4.69, 9.17) is 14.2 Å². The van der Waals surface area contributed by atoms with Crippen LogP contribution in [0.15, 0.2) is 40.9 Å². The van der Waals surface area contributed by atoms with Crippen molar-refractivity contribution in [3.8, 4) is 11.5 Å². The second-order valence-corrected chi connectivity index (χ2v) is 7.13. The van der Waals surface area contributed by atoms with Gasteiger partial charge in [0.05, 0.1) is 32.1 Å². The molecule has 3 rings (SSSR count). The lowest BCUT2D eigenvalue weighted by Gasteiger charge is -2.29. The van der Waals surface area contributed by atoms with Gasteiger partial charge >= 0.3 is 0 Å². The third-order valence-electron chi connectivity index (χ3n) is 4.32. The molecule has 2 aromatic rings. The molecule has 0 bridgehead atoms. The lowest BCUT2D eigenvalue weighted by Crippen LogP contribution is -2.36. The lowest BCUT2D eigenvalue weighted by molar-refractivity contribution is 0.102. The number of ether oxygens (including phenoxy) is 3. The number of nitrogens with one attached hydrogen (secondary N) is 1. The molecule has 0 aromatic heterocycles. The second-order valence-electron chi connectivity index (χ2n) is 6.28. The van der Waals surface area contributed by atoms with Crippen molar-refractivity contribution >= 4 is 33.2 Å². The van der Waals surface area contributed by atoms with Gasteiger partial charge in [-0.15, -0.1) is 0 Å². The number of rotatable bonds is 7. The fourth-order valence-corrected chi connectivity index (χ4v) is 3.68. The number of amides is 1. The zero-order valence-electron chi connectivity index (χ0n) is 16.2. The maximum Gasteiger partial charge on any atom is 0.255 e. The van der Waals surface area contributed by atoms with E-state index in [9.17, 15) is 4.79 Å². The van der Waals surface area contributed by atoms with Crippen molar-refractivity contribution in [1.82, 2.24) is 0 Å². The van der Waals surface area contributed by atoms with E-state index in [1.165, 1.54) is 0 Å². The SMILES string of the molecule is CCOc1cc(OCC)cc(C(=O)Nc2ccc(N3CCOCC3)c(Br)c2)c1. The Morgan fingerprint density at radius 3 is 2.29 bits per heavy atom. The van der Waals surface area contributed by atoms with Gasteiger partial charge < -0.3 is 24.4 Å². The topological polar surface area (TPSA) is 60.0 Å². The summed E-state index contributed by atoms with van der Waals surface area (Å²) in [6.45, 7) is 8.01. The number of carbonyl (C=O) groups excluding carboxylic acids is 1. The number of carbonyl (C=O) groups is 1. The van der Waals surface area contributed by atoms with E-state index in [0.717, 1.165) is 36.5 Å². The zero-order chi connectivity index (χ0) is 19.9. The molecule has 0 aliphatic carbocycles. The molecule has 0 unspecified atom stereocenters. The van der Waals surface area contributed by atoms with Crippen LogP contribution in [0.5, 0.6) is 11.5 Å². The largest absolute Gasteiger partial charge is 0.494 e. The summed E-state index contributed by atoms with van der Waals surface area (Å²) in [6.07, 6.45) is 0. The Balaban J connectivity index is 1.76. The number of hydrogen-bond acceptors (Lipinski definition) is 5.